The Morgan fingerprint density at radius 2 is 1.84 bits per heavy atom. The number of amides is 1. The van der Waals surface area contributed by atoms with Crippen molar-refractivity contribution >= 4 is 15.9 Å². The van der Waals surface area contributed by atoms with Crippen molar-refractivity contribution in [2.45, 2.75) is 43.0 Å². The fourth-order valence-electron chi connectivity index (χ4n) is 3.17. The summed E-state index contributed by atoms with van der Waals surface area (Å²) in [5.41, 5.74) is 0. The van der Waals surface area contributed by atoms with Crippen LogP contribution in [0, 0.1) is 0 Å². The number of rotatable bonds is 5. The number of nitrogens with zero attached hydrogens (tertiary/aromatic N) is 1. The van der Waals surface area contributed by atoms with Crippen molar-refractivity contribution in [1.29, 1.82) is 0 Å². The second-order valence-electron chi connectivity index (χ2n) is 6.47. The van der Waals surface area contributed by atoms with Crippen molar-refractivity contribution < 1.29 is 22.7 Å². The van der Waals surface area contributed by atoms with Crippen LogP contribution in [0.2, 0.25) is 0 Å². The summed E-state index contributed by atoms with van der Waals surface area (Å²) in [7, 11) is -2.36. The lowest BCUT2D eigenvalue weighted by Gasteiger charge is -2.24. The summed E-state index contributed by atoms with van der Waals surface area (Å²) < 4.78 is 37.3. The van der Waals surface area contributed by atoms with E-state index in [2.05, 4.69) is 5.32 Å². The van der Waals surface area contributed by atoms with E-state index < -0.39 is 10.0 Å². The number of hydrogen-bond donors (Lipinski definition) is 1. The molecule has 7 nitrogen and oxygen atoms in total. The van der Waals surface area contributed by atoms with Gasteiger partial charge in [0.1, 0.15) is 13.2 Å². The van der Waals surface area contributed by atoms with Gasteiger partial charge in [0.25, 0.3) is 0 Å². The predicted octanol–water partition coefficient (Wildman–Crippen LogP) is 1.53. The first-order valence-corrected chi connectivity index (χ1v) is 10.1. The highest BCUT2D eigenvalue weighted by Crippen LogP contribution is 2.32. The molecule has 1 heterocycles. The molecule has 0 radical (unpaired) electrons. The number of likely N-dealkylation sites (N-methyl/N-ethyl adjacent to an activating group) is 1. The molecule has 0 bridgehead atoms. The van der Waals surface area contributed by atoms with Crippen molar-refractivity contribution in [2.24, 2.45) is 0 Å². The van der Waals surface area contributed by atoms with Gasteiger partial charge < -0.3 is 14.8 Å². The predicted molar refractivity (Wildman–Crippen MR) is 92.3 cm³/mol. The van der Waals surface area contributed by atoms with Crippen molar-refractivity contribution in [2.75, 3.05) is 26.8 Å². The molecule has 3 rings (SSSR count). The lowest BCUT2D eigenvalue weighted by Crippen LogP contribution is -2.43. The molecule has 1 aliphatic heterocycles. The molecule has 0 atom stereocenters. The number of nitrogens with one attached hydrogen (secondary N) is 1. The van der Waals surface area contributed by atoms with E-state index in [0.717, 1.165) is 30.0 Å². The second-order valence-corrected chi connectivity index (χ2v) is 8.51. The molecule has 1 fully saturated rings. The van der Waals surface area contributed by atoms with Gasteiger partial charge in [-0.05, 0) is 25.0 Å². The molecular weight excluding hydrogens is 344 g/mol. The Morgan fingerprint density at radius 3 is 2.56 bits per heavy atom. The van der Waals surface area contributed by atoms with Gasteiger partial charge in [0, 0.05) is 19.2 Å². The van der Waals surface area contributed by atoms with Crippen LogP contribution in [-0.4, -0.2) is 51.5 Å². The molecule has 0 spiro atoms. The Hall–Kier alpha value is -1.80. The van der Waals surface area contributed by atoms with Gasteiger partial charge in [0.05, 0.1) is 11.4 Å². The van der Waals surface area contributed by atoms with Gasteiger partial charge in [-0.15, -0.1) is 0 Å². The zero-order chi connectivity index (χ0) is 17.9. The van der Waals surface area contributed by atoms with Gasteiger partial charge in [-0.1, -0.05) is 19.3 Å². The Bertz CT molecular complexity index is 729. The fourth-order valence-corrected chi connectivity index (χ4v) is 4.31. The summed E-state index contributed by atoms with van der Waals surface area (Å²) in [6.07, 6.45) is 5.34. The van der Waals surface area contributed by atoms with E-state index in [0.29, 0.717) is 24.7 Å². The molecule has 1 aromatic rings. The standard InChI is InChI=1S/C17H24N2O5S/c1-19(12-17(20)18-13-5-3-2-4-6-13)25(21,22)14-7-8-15-16(11-14)24-10-9-23-15/h7-8,11,13H,2-6,9-10,12H2,1H3,(H,18,20). The third kappa shape index (κ3) is 4.24. The third-order valence-corrected chi connectivity index (χ3v) is 6.36. The van der Waals surface area contributed by atoms with E-state index in [-0.39, 0.29) is 23.4 Å². The second kappa shape index (κ2) is 7.61. The lowest BCUT2D eigenvalue weighted by molar-refractivity contribution is -0.122. The minimum atomic E-state index is -3.77. The maximum absolute atomic E-state index is 12.7. The van der Waals surface area contributed by atoms with Gasteiger partial charge in [0.2, 0.25) is 15.9 Å². The molecular formula is C17H24N2O5S. The van der Waals surface area contributed by atoms with Gasteiger partial charge in [0.15, 0.2) is 11.5 Å². The number of ether oxygens (including phenoxy) is 2. The zero-order valence-electron chi connectivity index (χ0n) is 14.4. The molecule has 1 saturated carbocycles. The van der Waals surface area contributed by atoms with Crippen molar-refractivity contribution in [3.8, 4) is 11.5 Å². The maximum atomic E-state index is 12.7. The average Bonchev–Trinajstić information content (AvgIpc) is 2.62. The Morgan fingerprint density at radius 1 is 1.16 bits per heavy atom. The molecule has 0 aromatic heterocycles. The van der Waals surface area contributed by atoms with Gasteiger partial charge >= 0.3 is 0 Å². The Labute approximate surface area is 148 Å². The minimum Gasteiger partial charge on any atom is -0.486 e. The van der Waals surface area contributed by atoms with Crippen LogP contribution in [0.5, 0.6) is 11.5 Å². The van der Waals surface area contributed by atoms with Crippen LogP contribution in [0.25, 0.3) is 0 Å². The number of benzene rings is 1. The largest absolute Gasteiger partial charge is 0.486 e. The van der Waals surface area contributed by atoms with E-state index in [9.17, 15) is 13.2 Å². The van der Waals surface area contributed by atoms with Crippen LogP contribution in [0.1, 0.15) is 32.1 Å². The first-order valence-electron chi connectivity index (χ1n) is 8.62. The third-order valence-electron chi connectivity index (χ3n) is 4.56. The number of sulfonamides is 1. The van der Waals surface area contributed by atoms with E-state index in [1.54, 1.807) is 6.07 Å². The molecule has 1 aromatic carbocycles. The van der Waals surface area contributed by atoms with Crippen molar-refractivity contribution in [1.82, 2.24) is 9.62 Å². The highest BCUT2D eigenvalue weighted by Gasteiger charge is 2.26. The monoisotopic (exact) mass is 368 g/mol. The number of hydrogen-bond acceptors (Lipinski definition) is 5. The average molecular weight is 368 g/mol. The molecule has 1 aliphatic carbocycles. The molecule has 0 saturated heterocycles. The minimum absolute atomic E-state index is 0.0877. The molecule has 25 heavy (non-hydrogen) atoms. The molecule has 0 unspecified atom stereocenters. The molecule has 1 N–H and O–H groups in total. The van der Waals surface area contributed by atoms with Crippen LogP contribution >= 0.6 is 0 Å². The number of fused-ring (bicyclic) bond motifs is 1. The molecule has 138 valence electrons. The highest BCUT2D eigenvalue weighted by molar-refractivity contribution is 7.89. The van der Waals surface area contributed by atoms with Crippen LogP contribution in [-0.2, 0) is 14.8 Å². The van der Waals surface area contributed by atoms with E-state index in [4.69, 9.17) is 9.47 Å². The first-order chi connectivity index (χ1) is 12.0. The Kier molecular flexibility index (Phi) is 5.48. The van der Waals surface area contributed by atoms with Crippen LogP contribution < -0.4 is 14.8 Å². The van der Waals surface area contributed by atoms with Gasteiger partial charge in [-0.3, -0.25) is 4.79 Å². The van der Waals surface area contributed by atoms with E-state index in [1.807, 2.05) is 0 Å². The number of carbonyl (C=O) groups excluding carboxylic acids is 1. The van der Waals surface area contributed by atoms with Crippen LogP contribution in [0.15, 0.2) is 23.1 Å². The van der Waals surface area contributed by atoms with E-state index >= 15 is 0 Å². The fraction of sp³-hybridized carbons (Fsp3) is 0.588. The van der Waals surface area contributed by atoms with Gasteiger partial charge in [-0.2, -0.15) is 4.31 Å². The quantitative estimate of drug-likeness (QED) is 0.852. The topological polar surface area (TPSA) is 84.9 Å². The summed E-state index contributed by atoms with van der Waals surface area (Å²) >= 11 is 0. The normalized spacial score (nSPS) is 18.2. The molecule has 8 heteroatoms. The lowest BCUT2D eigenvalue weighted by atomic mass is 9.95. The summed E-state index contributed by atoms with van der Waals surface area (Å²) in [5.74, 6) is 0.672. The molecule has 2 aliphatic rings. The summed E-state index contributed by atoms with van der Waals surface area (Å²) in [5, 5.41) is 2.93. The summed E-state index contributed by atoms with van der Waals surface area (Å²) in [4.78, 5) is 12.3. The molecule has 1 amide bonds. The Balaban J connectivity index is 1.65. The zero-order valence-corrected chi connectivity index (χ0v) is 15.2. The smallest absolute Gasteiger partial charge is 0.243 e. The SMILES string of the molecule is CN(CC(=O)NC1CCCCC1)S(=O)(=O)c1ccc2c(c1)OCCO2. The summed E-state index contributed by atoms with van der Waals surface area (Å²) in [6, 6.07) is 4.65. The summed E-state index contributed by atoms with van der Waals surface area (Å²) in [6.45, 7) is 0.629. The first kappa shape index (κ1) is 18.0. The maximum Gasteiger partial charge on any atom is 0.243 e. The van der Waals surface area contributed by atoms with Crippen molar-refractivity contribution in [3.63, 3.8) is 0 Å². The van der Waals surface area contributed by atoms with Crippen molar-refractivity contribution in [3.05, 3.63) is 18.2 Å². The van der Waals surface area contributed by atoms with E-state index in [1.165, 1.54) is 25.6 Å². The number of carbonyl (C=O) groups is 1. The van der Waals surface area contributed by atoms with Crippen LogP contribution in [0.4, 0.5) is 0 Å². The van der Waals surface area contributed by atoms with Crippen LogP contribution in [0.3, 0.4) is 0 Å². The van der Waals surface area contributed by atoms with Gasteiger partial charge in [-0.25, -0.2) is 8.42 Å². The highest BCUT2D eigenvalue weighted by atomic mass is 32.2.